The summed E-state index contributed by atoms with van der Waals surface area (Å²) in [5, 5.41) is 0. The molecule has 0 nitrogen and oxygen atoms in total. The van der Waals surface area contributed by atoms with E-state index in [0.29, 0.717) is 11.3 Å². The van der Waals surface area contributed by atoms with Crippen LogP contribution in [0.4, 0.5) is 0 Å². The van der Waals surface area contributed by atoms with Crippen LogP contribution in [0.2, 0.25) is 0 Å². The highest BCUT2D eigenvalue weighted by Gasteiger charge is 2.20. The van der Waals surface area contributed by atoms with E-state index < -0.39 is 0 Å². The second-order valence-corrected chi connectivity index (χ2v) is 6.79. The monoisotopic (exact) mass is 246 g/mol. The van der Waals surface area contributed by atoms with Gasteiger partial charge in [0.25, 0.3) is 0 Å². The Balaban J connectivity index is 2.91. The van der Waals surface area contributed by atoms with Gasteiger partial charge in [0, 0.05) is 0 Å². The summed E-state index contributed by atoms with van der Waals surface area (Å²) in [6, 6.07) is 9.25. The topological polar surface area (TPSA) is 0 Å². The summed E-state index contributed by atoms with van der Waals surface area (Å²) in [7, 11) is 0. The molecule has 1 aromatic rings. The van der Waals surface area contributed by atoms with Crippen LogP contribution in [0.25, 0.3) is 0 Å². The van der Waals surface area contributed by atoms with Gasteiger partial charge in [0.2, 0.25) is 0 Å². The van der Waals surface area contributed by atoms with E-state index in [-0.39, 0.29) is 0 Å². The van der Waals surface area contributed by atoms with Gasteiger partial charge in [-0.3, -0.25) is 0 Å². The van der Waals surface area contributed by atoms with E-state index in [2.05, 4.69) is 65.8 Å². The zero-order valence-electron chi connectivity index (χ0n) is 13.1. The first-order valence-electron chi connectivity index (χ1n) is 7.47. The third-order valence-corrected chi connectivity index (χ3v) is 3.94. The van der Waals surface area contributed by atoms with E-state index in [0.717, 1.165) is 5.92 Å². The fourth-order valence-corrected chi connectivity index (χ4v) is 2.88. The summed E-state index contributed by atoms with van der Waals surface area (Å²) in [4.78, 5) is 0. The molecule has 1 aromatic carbocycles. The highest BCUT2D eigenvalue weighted by Crippen LogP contribution is 2.31. The molecule has 0 bridgehead atoms. The van der Waals surface area contributed by atoms with Crippen molar-refractivity contribution in [1.29, 1.82) is 0 Å². The molecule has 0 aliphatic heterocycles. The molecular weight excluding hydrogens is 216 g/mol. The average molecular weight is 246 g/mol. The van der Waals surface area contributed by atoms with Gasteiger partial charge in [-0.15, -0.1) is 0 Å². The van der Waals surface area contributed by atoms with Crippen LogP contribution in [0.5, 0.6) is 0 Å². The fraction of sp³-hybridized carbons (Fsp3) is 0.667. The smallest absolute Gasteiger partial charge is 0.0104 e. The number of benzene rings is 1. The molecule has 0 amide bonds. The minimum Gasteiger partial charge on any atom is -0.0654 e. The Hall–Kier alpha value is -0.780. The van der Waals surface area contributed by atoms with Crippen molar-refractivity contribution in [2.24, 2.45) is 5.92 Å². The molecule has 0 radical (unpaired) electrons. The van der Waals surface area contributed by atoms with Crippen LogP contribution in [0.1, 0.15) is 77.8 Å². The van der Waals surface area contributed by atoms with Crippen molar-refractivity contribution in [2.75, 3.05) is 0 Å². The van der Waals surface area contributed by atoms with E-state index in [1.54, 1.807) is 0 Å². The fourth-order valence-electron chi connectivity index (χ4n) is 2.88. The van der Waals surface area contributed by atoms with E-state index in [1.165, 1.54) is 30.4 Å². The molecule has 0 aromatic heterocycles. The molecule has 0 saturated carbocycles. The molecule has 0 aliphatic carbocycles. The Kier molecular flexibility index (Phi) is 5.44. The van der Waals surface area contributed by atoms with Gasteiger partial charge in [0.15, 0.2) is 0 Å². The Morgan fingerprint density at radius 2 is 1.78 bits per heavy atom. The lowest BCUT2D eigenvalue weighted by Crippen LogP contribution is -2.17. The maximum Gasteiger partial charge on any atom is -0.0104 e. The molecule has 0 saturated heterocycles. The van der Waals surface area contributed by atoms with E-state index in [1.807, 2.05) is 0 Å². The zero-order chi connectivity index (χ0) is 13.8. The Labute approximate surface area is 114 Å². The van der Waals surface area contributed by atoms with E-state index in [4.69, 9.17) is 0 Å². The molecule has 102 valence electrons. The molecule has 1 atom stereocenters. The zero-order valence-corrected chi connectivity index (χ0v) is 13.1. The van der Waals surface area contributed by atoms with Crippen LogP contribution >= 0.6 is 0 Å². The highest BCUT2D eigenvalue weighted by molar-refractivity contribution is 5.31. The Bertz CT molecular complexity index is 360. The molecule has 0 aliphatic rings. The first-order valence-corrected chi connectivity index (χ1v) is 7.47. The maximum absolute atomic E-state index is 2.43. The standard InChI is InChI=1S/C18H30/c1-7-11-18(5,6)17-10-8-9-16(13-17)15(4)12-14(2)3/h8-10,13-15H,7,11-12H2,1-6H3. The van der Waals surface area contributed by atoms with Crippen LogP contribution in [0.3, 0.4) is 0 Å². The number of hydrogen-bond donors (Lipinski definition) is 0. The minimum absolute atomic E-state index is 0.308. The summed E-state index contributed by atoms with van der Waals surface area (Å²) in [5.41, 5.74) is 3.31. The average Bonchev–Trinajstić information content (AvgIpc) is 2.28. The SMILES string of the molecule is CCCC(C)(C)c1cccc(C(C)CC(C)C)c1. The van der Waals surface area contributed by atoms with Gasteiger partial charge >= 0.3 is 0 Å². The third kappa shape index (κ3) is 4.15. The van der Waals surface area contributed by atoms with Gasteiger partial charge in [0.1, 0.15) is 0 Å². The second-order valence-electron chi connectivity index (χ2n) is 6.79. The predicted molar refractivity (Wildman–Crippen MR) is 82.2 cm³/mol. The first kappa shape index (κ1) is 15.3. The van der Waals surface area contributed by atoms with Crippen LogP contribution in [-0.2, 0) is 5.41 Å². The van der Waals surface area contributed by atoms with Crippen molar-refractivity contribution in [3.05, 3.63) is 35.4 Å². The molecule has 0 N–H and O–H groups in total. The number of rotatable bonds is 6. The van der Waals surface area contributed by atoms with Crippen molar-refractivity contribution in [3.63, 3.8) is 0 Å². The van der Waals surface area contributed by atoms with Crippen LogP contribution in [0, 0.1) is 5.92 Å². The van der Waals surface area contributed by atoms with E-state index >= 15 is 0 Å². The summed E-state index contributed by atoms with van der Waals surface area (Å²) in [5.74, 6) is 1.44. The lowest BCUT2D eigenvalue weighted by molar-refractivity contribution is 0.471. The molecule has 0 spiro atoms. The number of hydrogen-bond acceptors (Lipinski definition) is 0. The summed E-state index contributed by atoms with van der Waals surface area (Å²) in [6.07, 6.45) is 3.78. The Morgan fingerprint density at radius 3 is 2.33 bits per heavy atom. The Morgan fingerprint density at radius 1 is 1.11 bits per heavy atom. The van der Waals surface area contributed by atoms with Crippen molar-refractivity contribution < 1.29 is 0 Å². The quantitative estimate of drug-likeness (QED) is 0.585. The van der Waals surface area contributed by atoms with Crippen molar-refractivity contribution >= 4 is 0 Å². The molecule has 18 heavy (non-hydrogen) atoms. The lowest BCUT2D eigenvalue weighted by atomic mass is 9.79. The lowest BCUT2D eigenvalue weighted by Gasteiger charge is -2.26. The summed E-state index contributed by atoms with van der Waals surface area (Å²) in [6.45, 7) is 14.0. The van der Waals surface area contributed by atoms with E-state index in [9.17, 15) is 0 Å². The van der Waals surface area contributed by atoms with Crippen LogP contribution in [-0.4, -0.2) is 0 Å². The van der Waals surface area contributed by atoms with Crippen LogP contribution in [0.15, 0.2) is 24.3 Å². The minimum atomic E-state index is 0.308. The maximum atomic E-state index is 2.43. The molecule has 0 fully saturated rings. The largest absolute Gasteiger partial charge is 0.0654 e. The van der Waals surface area contributed by atoms with Gasteiger partial charge in [-0.2, -0.15) is 0 Å². The predicted octanol–water partition coefficient (Wildman–Crippen LogP) is 5.91. The van der Waals surface area contributed by atoms with Crippen molar-refractivity contribution in [3.8, 4) is 0 Å². The molecule has 1 rings (SSSR count). The summed E-state index contributed by atoms with van der Waals surface area (Å²) >= 11 is 0. The second kappa shape index (κ2) is 6.41. The van der Waals surface area contributed by atoms with Gasteiger partial charge in [-0.05, 0) is 41.2 Å². The third-order valence-electron chi connectivity index (χ3n) is 3.94. The molecule has 0 heteroatoms. The molecular formula is C18H30. The van der Waals surface area contributed by atoms with Gasteiger partial charge in [-0.1, -0.05) is 72.2 Å². The first-order chi connectivity index (χ1) is 8.36. The molecule has 1 unspecified atom stereocenters. The van der Waals surface area contributed by atoms with Gasteiger partial charge in [-0.25, -0.2) is 0 Å². The van der Waals surface area contributed by atoms with Gasteiger partial charge < -0.3 is 0 Å². The van der Waals surface area contributed by atoms with Crippen LogP contribution < -0.4 is 0 Å². The van der Waals surface area contributed by atoms with Gasteiger partial charge in [0.05, 0.1) is 0 Å². The normalized spacial score (nSPS) is 13.9. The van der Waals surface area contributed by atoms with Crippen molar-refractivity contribution in [1.82, 2.24) is 0 Å². The van der Waals surface area contributed by atoms with Crippen molar-refractivity contribution in [2.45, 2.75) is 72.1 Å². The summed E-state index contributed by atoms with van der Waals surface area (Å²) < 4.78 is 0. The highest BCUT2D eigenvalue weighted by atomic mass is 14.2. The molecule has 0 heterocycles.